The Bertz CT molecular complexity index is 422. The molecular weight excluding hydrogens is 349 g/mol. The normalized spacial score (nSPS) is 12.9. The maximum Gasteiger partial charge on any atom is 0.0656 e. The fourth-order valence-electron chi connectivity index (χ4n) is 1.73. The summed E-state index contributed by atoms with van der Waals surface area (Å²) in [4.78, 5) is 1.48. The maximum absolute atomic E-state index is 3.40. The first-order chi connectivity index (χ1) is 7.79. The lowest BCUT2D eigenvalue weighted by molar-refractivity contribution is 0.553. The molecule has 16 heavy (non-hydrogen) atoms. The van der Waals surface area contributed by atoms with E-state index in [0.717, 1.165) is 6.42 Å². The van der Waals surface area contributed by atoms with E-state index in [-0.39, 0.29) is 0 Å². The third-order valence-electron chi connectivity index (χ3n) is 2.60. The first-order valence-corrected chi connectivity index (χ1v) is 8.07. The molecule has 4 heteroatoms. The topological polar surface area (TPSA) is 12.0 Å². The molecule has 0 aliphatic carbocycles. The minimum atomic E-state index is 0.488. The van der Waals surface area contributed by atoms with Gasteiger partial charge in [-0.25, -0.2) is 0 Å². The minimum absolute atomic E-state index is 0.488. The van der Waals surface area contributed by atoms with E-state index in [4.69, 9.17) is 0 Å². The van der Waals surface area contributed by atoms with Crippen LogP contribution >= 0.6 is 45.3 Å². The second-order valence-electron chi connectivity index (χ2n) is 3.64. The van der Waals surface area contributed by atoms with Crippen LogP contribution in [-0.2, 0) is 6.42 Å². The van der Waals surface area contributed by atoms with E-state index in [1.165, 1.54) is 19.7 Å². The Hall–Kier alpha value is 0.0900. The molecule has 0 aliphatic rings. The van der Waals surface area contributed by atoms with Crippen LogP contribution in [0.15, 0.2) is 29.0 Å². The Morgan fingerprint density at radius 2 is 2.31 bits per heavy atom. The standard InChI is InChI=1S/C12H14INS2/c1-14-11(9-7-12(13)16-8-9)5-4-10-3-2-6-15-10/h2-3,6-8,11,14H,4-5H2,1H3. The summed E-state index contributed by atoms with van der Waals surface area (Å²) in [6.07, 6.45) is 2.33. The van der Waals surface area contributed by atoms with Crippen LogP contribution in [0.25, 0.3) is 0 Å². The number of thiophene rings is 2. The zero-order chi connectivity index (χ0) is 11.4. The average molecular weight is 363 g/mol. The number of aryl methyl sites for hydroxylation is 1. The van der Waals surface area contributed by atoms with Crippen molar-refractivity contribution in [3.05, 3.63) is 42.3 Å². The van der Waals surface area contributed by atoms with Gasteiger partial charge in [0.15, 0.2) is 0 Å². The van der Waals surface area contributed by atoms with Crippen LogP contribution in [0.3, 0.4) is 0 Å². The summed E-state index contributed by atoms with van der Waals surface area (Å²) in [5, 5.41) is 7.81. The molecule has 0 radical (unpaired) electrons. The van der Waals surface area contributed by atoms with Crippen molar-refractivity contribution in [2.24, 2.45) is 0 Å². The summed E-state index contributed by atoms with van der Waals surface area (Å²) < 4.78 is 1.36. The van der Waals surface area contributed by atoms with Gasteiger partial charge in [-0.05, 0) is 70.9 Å². The van der Waals surface area contributed by atoms with Gasteiger partial charge < -0.3 is 5.32 Å². The molecule has 0 aromatic carbocycles. The lowest BCUT2D eigenvalue weighted by Crippen LogP contribution is -2.16. The second-order valence-corrected chi connectivity index (χ2v) is 7.48. The molecule has 0 fully saturated rings. The zero-order valence-electron chi connectivity index (χ0n) is 9.07. The van der Waals surface area contributed by atoms with Gasteiger partial charge >= 0.3 is 0 Å². The van der Waals surface area contributed by atoms with Gasteiger partial charge in [-0.1, -0.05) is 6.07 Å². The molecule has 2 heterocycles. The highest BCUT2D eigenvalue weighted by Gasteiger charge is 2.11. The monoisotopic (exact) mass is 363 g/mol. The molecular formula is C12H14INS2. The molecule has 1 unspecified atom stereocenters. The minimum Gasteiger partial charge on any atom is -0.313 e. The van der Waals surface area contributed by atoms with Crippen LogP contribution in [0.5, 0.6) is 0 Å². The van der Waals surface area contributed by atoms with E-state index in [0.29, 0.717) is 6.04 Å². The van der Waals surface area contributed by atoms with Crippen molar-refractivity contribution in [1.29, 1.82) is 0 Å². The summed E-state index contributed by atoms with van der Waals surface area (Å²) >= 11 is 6.05. The van der Waals surface area contributed by atoms with Crippen LogP contribution in [-0.4, -0.2) is 7.05 Å². The summed E-state index contributed by atoms with van der Waals surface area (Å²) in [6.45, 7) is 0. The second kappa shape index (κ2) is 6.14. The first kappa shape index (κ1) is 12.5. The van der Waals surface area contributed by atoms with Crippen molar-refractivity contribution in [2.45, 2.75) is 18.9 Å². The van der Waals surface area contributed by atoms with Gasteiger partial charge in [0.05, 0.1) is 2.88 Å². The van der Waals surface area contributed by atoms with Crippen molar-refractivity contribution in [3.63, 3.8) is 0 Å². The van der Waals surface area contributed by atoms with Crippen molar-refractivity contribution in [3.8, 4) is 0 Å². The predicted molar refractivity (Wildman–Crippen MR) is 81.5 cm³/mol. The molecule has 0 bridgehead atoms. The lowest BCUT2D eigenvalue weighted by Gasteiger charge is -2.13. The molecule has 0 saturated heterocycles. The van der Waals surface area contributed by atoms with Crippen molar-refractivity contribution in [2.75, 3.05) is 7.05 Å². The molecule has 0 amide bonds. The third kappa shape index (κ3) is 3.29. The smallest absolute Gasteiger partial charge is 0.0656 e. The molecule has 1 nitrogen and oxygen atoms in total. The van der Waals surface area contributed by atoms with Gasteiger partial charge in [-0.3, -0.25) is 0 Å². The molecule has 86 valence electrons. The predicted octanol–water partition coefficient (Wildman–Crippen LogP) is 4.31. The van der Waals surface area contributed by atoms with Gasteiger partial charge in [-0.2, -0.15) is 0 Å². The molecule has 0 aliphatic heterocycles. The molecule has 0 saturated carbocycles. The van der Waals surface area contributed by atoms with E-state index < -0.39 is 0 Å². The van der Waals surface area contributed by atoms with Crippen molar-refractivity contribution < 1.29 is 0 Å². The molecule has 2 rings (SSSR count). The van der Waals surface area contributed by atoms with E-state index in [9.17, 15) is 0 Å². The highest BCUT2D eigenvalue weighted by atomic mass is 127. The van der Waals surface area contributed by atoms with Crippen LogP contribution in [0.1, 0.15) is 22.9 Å². The third-order valence-corrected chi connectivity index (χ3v) is 5.34. The van der Waals surface area contributed by atoms with Gasteiger partial charge in [0.2, 0.25) is 0 Å². The Morgan fingerprint density at radius 1 is 1.44 bits per heavy atom. The maximum atomic E-state index is 3.40. The van der Waals surface area contributed by atoms with Crippen LogP contribution in [0, 0.1) is 2.88 Å². The summed E-state index contributed by atoms with van der Waals surface area (Å²) in [5.41, 5.74) is 1.42. The van der Waals surface area contributed by atoms with E-state index >= 15 is 0 Å². The largest absolute Gasteiger partial charge is 0.313 e. The zero-order valence-corrected chi connectivity index (χ0v) is 12.9. The number of hydrogen-bond donors (Lipinski definition) is 1. The lowest BCUT2D eigenvalue weighted by atomic mass is 10.1. The number of rotatable bonds is 5. The Morgan fingerprint density at radius 3 is 2.88 bits per heavy atom. The van der Waals surface area contributed by atoms with Gasteiger partial charge in [-0.15, -0.1) is 22.7 Å². The van der Waals surface area contributed by atoms with Crippen molar-refractivity contribution >= 4 is 45.3 Å². The average Bonchev–Trinajstić information content (AvgIpc) is 2.91. The first-order valence-electron chi connectivity index (χ1n) is 5.23. The fourth-order valence-corrected chi connectivity index (χ4v) is 3.88. The van der Waals surface area contributed by atoms with E-state index in [1.807, 2.05) is 29.7 Å². The van der Waals surface area contributed by atoms with Gasteiger partial charge in [0.1, 0.15) is 0 Å². The van der Waals surface area contributed by atoms with Gasteiger partial charge in [0, 0.05) is 10.9 Å². The summed E-state index contributed by atoms with van der Waals surface area (Å²) in [7, 11) is 2.05. The number of halogens is 1. The van der Waals surface area contributed by atoms with Crippen LogP contribution in [0.4, 0.5) is 0 Å². The van der Waals surface area contributed by atoms with Crippen molar-refractivity contribution in [1.82, 2.24) is 5.32 Å². The Kier molecular flexibility index (Phi) is 4.81. The fraction of sp³-hybridized carbons (Fsp3) is 0.333. The Balaban J connectivity index is 1.96. The molecule has 1 N–H and O–H groups in total. The summed E-state index contributed by atoms with van der Waals surface area (Å²) in [5.74, 6) is 0. The van der Waals surface area contributed by atoms with Crippen LogP contribution < -0.4 is 5.32 Å². The highest BCUT2D eigenvalue weighted by Crippen LogP contribution is 2.26. The van der Waals surface area contributed by atoms with E-state index in [1.54, 1.807) is 0 Å². The Labute approximate surface area is 118 Å². The molecule has 0 spiro atoms. The molecule has 2 aromatic heterocycles. The quantitative estimate of drug-likeness (QED) is 0.781. The summed E-state index contributed by atoms with van der Waals surface area (Å²) in [6, 6.07) is 7.11. The van der Waals surface area contributed by atoms with E-state index in [2.05, 4.69) is 56.9 Å². The SMILES string of the molecule is CNC(CCc1cccs1)c1csc(I)c1. The van der Waals surface area contributed by atoms with Crippen LogP contribution in [0.2, 0.25) is 0 Å². The molecule has 2 aromatic rings. The highest BCUT2D eigenvalue weighted by molar-refractivity contribution is 14.1. The number of hydrogen-bond acceptors (Lipinski definition) is 3. The number of nitrogens with one attached hydrogen (secondary N) is 1. The molecule has 1 atom stereocenters. The van der Waals surface area contributed by atoms with Gasteiger partial charge in [0.25, 0.3) is 0 Å².